The number of anilines is 1. The highest BCUT2D eigenvalue weighted by molar-refractivity contribution is 7.91. The highest BCUT2D eigenvalue weighted by Crippen LogP contribution is 2.10. The van der Waals surface area contributed by atoms with Gasteiger partial charge in [-0.05, 0) is 12.1 Å². The summed E-state index contributed by atoms with van der Waals surface area (Å²) in [5.41, 5.74) is 1.05. The van der Waals surface area contributed by atoms with Gasteiger partial charge in [-0.15, -0.1) is 0 Å². The number of hydrogen-bond acceptors (Lipinski definition) is 12. The molecule has 2 rings (SSSR count). The maximum atomic E-state index is 11.2. The van der Waals surface area contributed by atoms with Gasteiger partial charge < -0.3 is 23.8 Å². The first kappa shape index (κ1) is 32.3. The Labute approximate surface area is 222 Å². The minimum Gasteiger partial charge on any atom is -0.466 e. The lowest BCUT2D eigenvalue weighted by Gasteiger charge is -2.25. The van der Waals surface area contributed by atoms with E-state index in [1.54, 1.807) is 0 Å². The number of carbonyl (C=O) groups excluding carboxylic acids is 4. The molecule has 1 saturated heterocycles. The highest BCUT2D eigenvalue weighted by Gasteiger charge is 2.21. The molecule has 210 valence electrons. The van der Waals surface area contributed by atoms with Crippen molar-refractivity contribution in [2.75, 3.05) is 77.1 Å². The van der Waals surface area contributed by atoms with Crippen molar-refractivity contribution >= 4 is 39.4 Å². The second-order valence-corrected chi connectivity index (χ2v) is 10.1. The zero-order chi connectivity index (χ0) is 28.4. The lowest BCUT2D eigenvalue weighted by atomic mass is 10.3. The van der Waals surface area contributed by atoms with Gasteiger partial charge in [0.2, 0.25) is 0 Å². The molecule has 12 nitrogen and oxygen atoms in total. The fourth-order valence-corrected chi connectivity index (χ4v) is 4.13. The molecule has 1 aliphatic heterocycles. The van der Waals surface area contributed by atoms with Crippen LogP contribution >= 0.6 is 0 Å². The molecule has 0 aliphatic carbocycles. The van der Waals surface area contributed by atoms with E-state index in [9.17, 15) is 27.6 Å². The van der Waals surface area contributed by atoms with Crippen molar-refractivity contribution in [3.05, 3.63) is 54.6 Å². The number of benzene rings is 1. The highest BCUT2D eigenvalue weighted by atomic mass is 32.2. The van der Waals surface area contributed by atoms with Gasteiger partial charge in [0.05, 0.1) is 32.3 Å². The van der Waals surface area contributed by atoms with Crippen LogP contribution < -0.4 is 4.90 Å². The summed E-state index contributed by atoms with van der Waals surface area (Å²) in [5.74, 6) is -2.12. The molecule has 0 atom stereocenters. The van der Waals surface area contributed by atoms with Crippen LogP contribution in [-0.4, -0.2) is 109 Å². The van der Waals surface area contributed by atoms with Gasteiger partial charge in [-0.1, -0.05) is 18.2 Å². The zero-order valence-corrected chi connectivity index (χ0v) is 22.6. The van der Waals surface area contributed by atoms with Crippen LogP contribution in [0.4, 0.5) is 5.69 Å². The summed E-state index contributed by atoms with van der Waals surface area (Å²) in [5, 5.41) is 0. The minimum absolute atomic E-state index is 0.142. The lowest BCUT2D eigenvalue weighted by Crippen LogP contribution is -2.41. The van der Waals surface area contributed by atoms with Crippen molar-refractivity contribution in [1.82, 2.24) is 4.90 Å². The molecule has 0 N–H and O–H groups in total. The summed E-state index contributed by atoms with van der Waals surface area (Å²) in [7, 11) is 1.47. The van der Waals surface area contributed by atoms with Crippen LogP contribution in [0.3, 0.4) is 0 Å². The Balaban J connectivity index is 0.000000380. The Hall–Kier alpha value is -3.71. The van der Waals surface area contributed by atoms with E-state index in [0.717, 1.165) is 30.0 Å². The summed E-state index contributed by atoms with van der Waals surface area (Å²) in [6, 6.07) is 9.76. The van der Waals surface area contributed by atoms with Crippen LogP contribution in [0.1, 0.15) is 0 Å². The summed E-state index contributed by atoms with van der Waals surface area (Å²) in [4.78, 5) is 47.8. The summed E-state index contributed by atoms with van der Waals surface area (Å²) in [6.45, 7) is 2.37. The monoisotopic (exact) mass is 554 g/mol. The Kier molecular flexibility index (Phi) is 15.0. The number of methoxy groups -OCH3 is 2. The van der Waals surface area contributed by atoms with E-state index >= 15 is 0 Å². The number of hydrogen-bond donors (Lipinski definition) is 0. The molecule has 0 amide bonds. The maximum absolute atomic E-state index is 11.2. The molecule has 13 heteroatoms. The second kappa shape index (κ2) is 17.7. The molecule has 0 unspecified atom stereocenters. The van der Waals surface area contributed by atoms with Crippen LogP contribution in [0.15, 0.2) is 54.6 Å². The Bertz CT molecular complexity index is 1060. The van der Waals surface area contributed by atoms with Crippen molar-refractivity contribution in [1.29, 1.82) is 0 Å². The van der Waals surface area contributed by atoms with E-state index in [2.05, 4.69) is 9.47 Å². The van der Waals surface area contributed by atoms with E-state index in [4.69, 9.17) is 9.47 Å². The van der Waals surface area contributed by atoms with Crippen molar-refractivity contribution in [3.63, 3.8) is 0 Å². The molecule has 0 aromatic heterocycles. The standard InChI is InChI=1S/C14H17NO4.C11H17NO6S/c1-15(12-6-4-3-5-7-12)10-11-19-14(17)9-8-13(16)18-2;1-17-10(13)2-3-11(14)18-7-4-12-5-8-19(15,16)9-6-12/h3-9H,10-11H2,1-2H3;2-3H,4-9H2,1H3/b9-8+;3-2+. The van der Waals surface area contributed by atoms with Gasteiger partial charge >= 0.3 is 23.9 Å². The predicted octanol–water partition coefficient (Wildman–Crippen LogP) is 0.384. The number of likely N-dealkylation sites (N-methyl/N-ethyl adjacent to an activating group) is 1. The van der Waals surface area contributed by atoms with Gasteiger partial charge in [0.1, 0.15) is 13.2 Å². The number of ether oxygens (including phenoxy) is 4. The molecule has 0 saturated carbocycles. The van der Waals surface area contributed by atoms with Crippen molar-refractivity contribution in [2.45, 2.75) is 0 Å². The number of nitrogens with zero attached hydrogens (tertiary/aromatic N) is 2. The van der Waals surface area contributed by atoms with E-state index in [0.29, 0.717) is 26.2 Å². The molecule has 1 aliphatic rings. The number of rotatable bonds is 11. The summed E-state index contributed by atoms with van der Waals surface area (Å²) < 4.78 is 40.9. The largest absolute Gasteiger partial charge is 0.466 e. The van der Waals surface area contributed by atoms with E-state index in [-0.39, 0.29) is 24.7 Å². The van der Waals surface area contributed by atoms with Crippen LogP contribution in [0.2, 0.25) is 0 Å². The fourth-order valence-electron chi connectivity index (χ4n) is 2.85. The summed E-state index contributed by atoms with van der Waals surface area (Å²) in [6.07, 6.45) is 4.06. The molecule has 0 radical (unpaired) electrons. The van der Waals surface area contributed by atoms with Gasteiger partial charge in [-0.25, -0.2) is 27.6 Å². The Morgan fingerprint density at radius 2 is 1.29 bits per heavy atom. The smallest absolute Gasteiger partial charge is 0.331 e. The normalized spacial score (nSPS) is 14.7. The van der Waals surface area contributed by atoms with Crippen LogP contribution in [-0.2, 0) is 48.0 Å². The molecule has 0 bridgehead atoms. The van der Waals surface area contributed by atoms with E-state index in [1.807, 2.05) is 47.2 Å². The summed E-state index contributed by atoms with van der Waals surface area (Å²) >= 11 is 0. The topological polar surface area (TPSA) is 146 Å². The van der Waals surface area contributed by atoms with Gasteiger partial charge in [0, 0.05) is 56.7 Å². The molecule has 0 spiro atoms. The number of para-hydroxylation sites is 1. The first-order valence-electron chi connectivity index (χ1n) is 11.6. The first-order valence-corrected chi connectivity index (χ1v) is 13.4. The number of esters is 4. The van der Waals surface area contributed by atoms with E-state index < -0.39 is 33.7 Å². The van der Waals surface area contributed by atoms with Crippen molar-refractivity contribution in [3.8, 4) is 0 Å². The molecule has 1 aromatic rings. The molecule has 38 heavy (non-hydrogen) atoms. The molecular weight excluding hydrogens is 520 g/mol. The quantitative estimate of drug-likeness (QED) is 0.212. The third-order valence-corrected chi connectivity index (χ3v) is 6.68. The van der Waals surface area contributed by atoms with Gasteiger partial charge in [-0.3, -0.25) is 4.90 Å². The predicted molar refractivity (Wildman–Crippen MR) is 139 cm³/mol. The fraction of sp³-hybridized carbons (Fsp3) is 0.440. The second-order valence-electron chi connectivity index (χ2n) is 7.80. The van der Waals surface area contributed by atoms with Crippen molar-refractivity contribution < 1.29 is 46.5 Å². The third-order valence-electron chi connectivity index (χ3n) is 5.07. The minimum atomic E-state index is -2.89. The average Bonchev–Trinajstić information content (AvgIpc) is 2.92. The third kappa shape index (κ3) is 14.8. The van der Waals surface area contributed by atoms with Gasteiger partial charge in [0.25, 0.3) is 0 Å². The number of carbonyl (C=O) groups is 4. The van der Waals surface area contributed by atoms with E-state index in [1.165, 1.54) is 14.2 Å². The average molecular weight is 555 g/mol. The van der Waals surface area contributed by atoms with Crippen molar-refractivity contribution in [2.24, 2.45) is 0 Å². The zero-order valence-electron chi connectivity index (χ0n) is 21.7. The molecular formula is C25H34N2O10S. The number of sulfone groups is 1. The molecule has 1 fully saturated rings. The molecule has 1 heterocycles. The van der Waals surface area contributed by atoms with Crippen LogP contribution in [0.5, 0.6) is 0 Å². The Morgan fingerprint density at radius 1 is 0.816 bits per heavy atom. The SMILES string of the molecule is COC(=O)/C=C/C(=O)OCCN(C)c1ccccc1.COC(=O)/C=C/C(=O)OCCN1CCS(=O)(=O)CC1. The Morgan fingerprint density at radius 3 is 1.79 bits per heavy atom. The molecule has 1 aromatic carbocycles. The van der Waals surface area contributed by atoms with Gasteiger partial charge in [-0.2, -0.15) is 0 Å². The van der Waals surface area contributed by atoms with Crippen LogP contribution in [0, 0.1) is 0 Å². The lowest BCUT2D eigenvalue weighted by molar-refractivity contribution is -0.139. The maximum Gasteiger partial charge on any atom is 0.331 e. The van der Waals surface area contributed by atoms with Crippen LogP contribution in [0.25, 0.3) is 0 Å². The first-order chi connectivity index (χ1) is 18.1. The van der Waals surface area contributed by atoms with Gasteiger partial charge in [0.15, 0.2) is 9.84 Å².